The highest BCUT2D eigenvalue weighted by Crippen LogP contribution is 2.27. The van der Waals surface area contributed by atoms with Crippen molar-refractivity contribution in [1.82, 2.24) is 5.32 Å². The summed E-state index contributed by atoms with van der Waals surface area (Å²) >= 11 is 0. The van der Waals surface area contributed by atoms with Gasteiger partial charge in [0.2, 0.25) is 5.91 Å². The highest BCUT2D eigenvalue weighted by molar-refractivity contribution is 5.93. The van der Waals surface area contributed by atoms with E-state index in [1.165, 1.54) is 12.0 Å². The van der Waals surface area contributed by atoms with E-state index in [1.807, 2.05) is 30.3 Å². The molecule has 0 radical (unpaired) electrons. The largest absolute Gasteiger partial charge is 0.497 e. The Labute approximate surface area is 149 Å². The molecule has 4 nitrogen and oxygen atoms in total. The first kappa shape index (κ1) is 17.5. The Kier molecular flexibility index (Phi) is 5.71. The van der Waals surface area contributed by atoms with Gasteiger partial charge in [0.25, 0.3) is 0 Å². The van der Waals surface area contributed by atoms with Crippen LogP contribution in [0.4, 0.5) is 5.69 Å². The summed E-state index contributed by atoms with van der Waals surface area (Å²) in [4.78, 5) is 12.1. The van der Waals surface area contributed by atoms with Crippen molar-refractivity contribution >= 4 is 11.6 Å². The van der Waals surface area contributed by atoms with Crippen LogP contribution in [0, 0.1) is 5.92 Å². The molecule has 1 saturated carbocycles. The third kappa shape index (κ3) is 4.60. The number of methoxy groups -OCH3 is 1. The summed E-state index contributed by atoms with van der Waals surface area (Å²) in [6.07, 6.45) is 3.21. The van der Waals surface area contributed by atoms with Crippen LogP contribution in [-0.2, 0) is 11.3 Å². The number of rotatable bonds is 7. The van der Waals surface area contributed by atoms with E-state index in [9.17, 15) is 4.79 Å². The summed E-state index contributed by atoms with van der Waals surface area (Å²) in [7, 11) is 1.67. The predicted octanol–water partition coefficient (Wildman–Crippen LogP) is 4.28. The zero-order chi connectivity index (χ0) is 17.6. The van der Waals surface area contributed by atoms with Crippen molar-refractivity contribution in [3.63, 3.8) is 0 Å². The Bertz CT molecular complexity index is 708. The fourth-order valence-corrected chi connectivity index (χ4v) is 2.96. The molecule has 132 valence electrons. The molecule has 0 aromatic heterocycles. The average Bonchev–Trinajstić information content (AvgIpc) is 2.58. The fourth-order valence-electron chi connectivity index (χ4n) is 2.96. The van der Waals surface area contributed by atoms with Gasteiger partial charge in [0.1, 0.15) is 5.75 Å². The van der Waals surface area contributed by atoms with E-state index in [4.69, 9.17) is 4.74 Å². The summed E-state index contributed by atoms with van der Waals surface area (Å²) in [5.74, 6) is 1.23. The molecule has 1 fully saturated rings. The van der Waals surface area contributed by atoms with Gasteiger partial charge in [-0.2, -0.15) is 0 Å². The van der Waals surface area contributed by atoms with E-state index in [0.717, 1.165) is 36.4 Å². The van der Waals surface area contributed by atoms with Gasteiger partial charge in [-0.3, -0.25) is 4.79 Å². The molecule has 1 atom stereocenters. The van der Waals surface area contributed by atoms with Gasteiger partial charge < -0.3 is 15.4 Å². The number of carbonyl (C=O) groups excluding carboxylic acids is 1. The molecule has 2 aromatic carbocycles. The van der Waals surface area contributed by atoms with Gasteiger partial charge in [-0.05, 0) is 55.2 Å². The van der Waals surface area contributed by atoms with Crippen LogP contribution in [0.25, 0.3) is 0 Å². The van der Waals surface area contributed by atoms with Crippen LogP contribution in [0.5, 0.6) is 5.75 Å². The molecule has 1 aliphatic carbocycles. The van der Waals surface area contributed by atoms with Crippen LogP contribution >= 0.6 is 0 Å². The van der Waals surface area contributed by atoms with Crippen LogP contribution in [-0.4, -0.2) is 13.0 Å². The van der Waals surface area contributed by atoms with Crippen molar-refractivity contribution in [1.29, 1.82) is 0 Å². The Morgan fingerprint density at radius 1 is 1.20 bits per heavy atom. The van der Waals surface area contributed by atoms with Crippen molar-refractivity contribution in [2.75, 3.05) is 12.4 Å². The minimum absolute atomic E-state index is 0.156. The maximum absolute atomic E-state index is 12.1. The number of hydrogen-bond acceptors (Lipinski definition) is 3. The first-order valence-electron chi connectivity index (χ1n) is 8.93. The summed E-state index contributed by atoms with van der Waals surface area (Å²) in [6.45, 7) is 2.89. The molecule has 0 unspecified atom stereocenters. The number of amides is 1. The molecule has 0 aliphatic heterocycles. The van der Waals surface area contributed by atoms with Gasteiger partial charge in [0, 0.05) is 24.2 Å². The van der Waals surface area contributed by atoms with Crippen molar-refractivity contribution in [2.24, 2.45) is 5.92 Å². The maximum Gasteiger partial charge on any atom is 0.227 e. The molecule has 1 aliphatic rings. The van der Waals surface area contributed by atoms with Crippen molar-refractivity contribution in [3.8, 4) is 5.75 Å². The second-order valence-electron chi connectivity index (χ2n) is 6.69. The molecule has 1 amide bonds. The second kappa shape index (κ2) is 8.17. The predicted molar refractivity (Wildman–Crippen MR) is 101 cm³/mol. The summed E-state index contributed by atoms with van der Waals surface area (Å²) < 4.78 is 5.20. The maximum atomic E-state index is 12.1. The van der Waals surface area contributed by atoms with E-state index < -0.39 is 0 Å². The normalized spacial score (nSPS) is 15.3. The van der Waals surface area contributed by atoms with Crippen LogP contribution in [0.3, 0.4) is 0 Å². The lowest BCUT2D eigenvalue weighted by atomic mass is 9.85. The molecule has 0 bridgehead atoms. The molecule has 4 heteroatoms. The van der Waals surface area contributed by atoms with E-state index in [-0.39, 0.29) is 17.9 Å². The van der Waals surface area contributed by atoms with Crippen molar-refractivity contribution < 1.29 is 9.53 Å². The second-order valence-corrected chi connectivity index (χ2v) is 6.69. The van der Waals surface area contributed by atoms with Gasteiger partial charge in [-0.15, -0.1) is 0 Å². The fraction of sp³-hybridized carbons (Fsp3) is 0.381. The van der Waals surface area contributed by atoms with E-state index >= 15 is 0 Å². The topological polar surface area (TPSA) is 50.4 Å². The van der Waals surface area contributed by atoms with Gasteiger partial charge in [0.15, 0.2) is 0 Å². The van der Waals surface area contributed by atoms with E-state index in [0.29, 0.717) is 0 Å². The first-order chi connectivity index (χ1) is 12.2. The number of anilines is 1. The minimum atomic E-state index is 0.156. The summed E-state index contributed by atoms with van der Waals surface area (Å²) in [6, 6.07) is 16.4. The lowest BCUT2D eigenvalue weighted by molar-refractivity contribution is -0.122. The Morgan fingerprint density at radius 2 is 1.96 bits per heavy atom. The Morgan fingerprint density at radius 3 is 2.60 bits per heavy atom. The van der Waals surface area contributed by atoms with E-state index in [2.05, 4.69) is 35.8 Å². The lowest BCUT2D eigenvalue weighted by Crippen LogP contribution is -2.28. The monoisotopic (exact) mass is 338 g/mol. The lowest BCUT2D eigenvalue weighted by Gasteiger charge is -2.24. The third-order valence-corrected chi connectivity index (χ3v) is 4.90. The van der Waals surface area contributed by atoms with Gasteiger partial charge in [-0.25, -0.2) is 0 Å². The standard InChI is InChI=1S/C21H26N2O2/c1-15(17-9-11-20(25-2)12-10-17)22-14-16-5-3-8-19(13-16)23-21(24)18-6-4-7-18/h3,5,8-13,15,18,22H,4,6-7,14H2,1-2H3,(H,23,24)/t15-/m0/s1. The number of nitrogens with one attached hydrogen (secondary N) is 2. The molecule has 25 heavy (non-hydrogen) atoms. The van der Waals surface area contributed by atoms with Crippen LogP contribution in [0.2, 0.25) is 0 Å². The molecule has 0 spiro atoms. The molecule has 3 rings (SSSR count). The SMILES string of the molecule is COc1ccc([C@H](C)NCc2cccc(NC(=O)C3CCC3)c2)cc1. The third-order valence-electron chi connectivity index (χ3n) is 4.90. The van der Waals surface area contributed by atoms with Crippen LogP contribution in [0.15, 0.2) is 48.5 Å². The molecule has 0 saturated heterocycles. The molecular weight excluding hydrogens is 312 g/mol. The molecule has 2 N–H and O–H groups in total. The highest BCUT2D eigenvalue weighted by Gasteiger charge is 2.25. The first-order valence-corrected chi connectivity index (χ1v) is 8.93. The number of ether oxygens (including phenoxy) is 1. The van der Waals surface area contributed by atoms with Crippen LogP contribution < -0.4 is 15.4 Å². The smallest absolute Gasteiger partial charge is 0.227 e. The Balaban J connectivity index is 1.55. The zero-order valence-corrected chi connectivity index (χ0v) is 14.9. The van der Waals surface area contributed by atoms with Gasteiger partial charge >= 0.3 is 0 Å². The minimum Gasteiger partial charge on any atom is -0.497 e. The Hall–Kier alpha value is -2.33. The van der Waals surface area contributed by atoms with Gasteiger partial charge in [0.05, 0.1) is 7.11 Å². The highest BCUT2D eigenvalue weighted by atomic mass is 16.5. The number of benzene rings is 2. The molecular formula is C21H26N2O2. The number of carbonyl (C=O) groups is 1. The summed E-state index contributed by atoms with van der Waals surface area (Å²) in [5.41, 5.74) is 3.26. The van der Waals surface area contributed by atoms with Crippen molar-refractivity contribution in [2.45, 2.75) is 38.8 Å². The van der Waals surface area contributed by atoms with Crippen LogP contribution in [0.1, 0.15) is 43.4 Å². The number of hydrogen-bond donors (Lipinski definition) is 2. The van der Waals surface area contributed by atoms with Gasteiger partial charge in [-0.1, -0.05) is 30.7 Å². The average molecular weight is 338 g/mol. The van der Waals surface area contributed by atoms with Crippen molar-refractivity contribution in [3.05, 3.63) is 59.7 Å². The summed E-state index contributed by atoms with van der Waals surface area (Å²) in [5, 5.41) is 6.56. The molecule has 0 heterocycles. The molecule has 2 aromatic rings. The van der Waals surface area contributed by atoms with E-state index in [1.54, 1.807) is 7.11 Å². The zero-order valence-electron chi connectivity index (χ0n) is 14.9. The quantitative estimate of drug-likeness (QED) is 0.792.